The number of ether oxygens (including phenoxy) is 2. The van der Waals surface area contributed by atoms with Crippen LogP contribution in [0.4, 0.5) is 0 Å². The highest BCUT2D eigenvalue weighted by Gasteiger charge is 2.21. The summed E-state index contributed by atoms with van der Waals surface area (Å²) in [6, 6.07) is 16.4. The Morgan fingerprint density at radius 2 is 1.93 bits per heavy atom. The molecule has 146 valence electrons. The van der Waals surface area contributed by atoms with Gasteiger partial charge in [0.05, 0.1) is 18.8 Å². The quantitative estimate of drug-likeness (QED) is 0.555. The van der Waals surface area contributed by atoms with Crippen molar-refractivity contribution >= 4 is 11.8 Å². The molecular weight excluding hydrogens is 370 g/mol. The van der Waals surface area contributed by atoms with Crippen LogP contribution >= 0.6 is 11.8 Å². The van der Waals surface area contributed by atoms with Gasteiger partial charge in [0, 0.05) is 18.0 Å². The lowest BCUT2D eigenvalue weighted by Gasteiger charge is -2.22. The second kappa shape index (κ2) is 8.80. The molecule has 0 bridgehead atoms. The molecule has 2 heterocycles. The number of nitrogens with zero attached hydrogens (tertiary/aromatic N) is 3. The fraction of sp³-hybridized carbons (Fsp3) is 0.364. The van der Waals surface area contributed by atoms with Crippen molar-refractivity contribution in [3.63, 3.8) is 0 Å². The van der Waals surface area contributed by atoms with E-state index in [9.17, 15) is 0 Å². The number of hydrogen-bond donors (Lipinski definition) is 0. The summed E-state index contributed by atoms with van der Waals surface area (Å²) < 4.78 is 13.6. The molecule has 6 heteroatoms. The smallest absolute Gasteiger partial charge is 0.196 e. The summed E-state index contributed by atoms with van der Waals surface area (Å²) >= 11 is 1.71. The van der Waals surface area contributed by atoms with Crippen LogP contribution in [-0.2, 0) is 4.74 Å². The van der Waals surface area contributed by atoms with Gasteiger partial charge in [-0.15, -0.1) is 10.2 Å². The van der Waals surface area contributed by atoms with Crippen molar-refractivity contribution in [2.24, 2.45) is 0 Å². The van der Waals surface area contributed by atoms with E-state index in [2.05, 4.69) is 46.0 Å². The van der Waals surface area contributed by atoms with Gasteiger partial charge >= 0.3 is 0 Å². The number of methoxy groups -OCH3 is 1. The van der Waals surface area contributed by atoms with Crippen molar-refractivity contribution in [3.8, 4) is 22.8 Å². The Morgan fingerprint density at radius 1 is 1.11 bits per heavy atom. The molecule has 1 atom stereocenters. The molecule has 1 aliphatic rings. The Morgan fingerprint density at radius 3 is 2.68 bits per heavy atom. The van der Waals surface area contributed by atoms with Gasteiger partial charge in [-0.3, -0.25) is 4.57 Å². The fourth-order valence-corrected chi connectivity index (χ4v) is 4.42. The Kier molecular flexibility index (Phi) is 5.98. The molecule has 1 aromatic heterocycles. The lowest BCUT2D eigenvalue weighted by Crippen LogP contribution is -2.21. The average molecular weight is 396 g/mol. The fourth-order valence-electron chi connectivity index (χ4n) is 3.40. The third-order valence-electron chi connectivity index (χ3n) is 4.95. The van der Waals surface area contributed by atoms with Crippen LogP contribution in [0.2, 0.25) is 0 Å². The summed E-state index contributed by atoms with van der Waals surface area (Å²) in [6.45, 7) is 2.95. The molecule has 1 aliphatic heterocycles. The number of hydrogen-bond acceptors (Lipinski definition) is 5. The predicted octanol–water partition coefficient (Wildman–Crippen LogP) is 4.91. The largest absolute Gasteiger partial charge is 0.496 e. The van der Waals surface area contributed by atoms with Crippen molar-refractivity contribution < 1.29 is 9.47 Å². The molecule has 4 rings (SSSR count). The van der Waals surface area contributed by atoms with Gasteiger partial charge in [0.15, 0.2) is 11.0 Å². The molecule has 0 N–H and O–H groups in total. The van der Waals surface area contributed by atoms with Gasteiger partial charge in [-0.2, -0.15) is 0 Å². The third kappa shape index (κ3) is 4.08. The first-order chi connectivity index (χ1) is 13.8. The number of para-hydroxylation sites is 1. The normalized spacial score (nSPS) is 16.9. The Bertz CT molecular complexity index is 918. The zero-order chi connectivity index (χ0) is 19.3. The average Bonchev–Trinajstić information content (AvgIpc) is 3.17. The number of benzene rings is 2. The van der Waals surface area contributed by atoms with Crippen LogP contribution in [0.25, 0.3) is 17.1 Å². The monoisotopic (exact) mass is 395 g/mol. The highest BCUT2D eigenvalue weighted by atomic mass is 32.2. The van der Waals surface area contributed by atoms with E-state index >= 15 is 0 Å². The van der Waals surface area contributed by atoms with E-state index in [0.29, 0.717) is 0 Å². The van der Waals surface area contributed by atoms with Crippen LogP contribution in [0.5, 0.6) is 5.75 Å². The molecule has 3 aromatic rings. The number of aromatic nitrogens is 3. The first-order valence-electron chi connectivity index (χ1n) is 9.66. The maximum atomic E-state index is 5.89. The van der Waals surface area contributed by atoms with Crippen molar-refractivity contribution in [1.82, 2.24) is 14.8 Å². The van der Waals surface area contributed by atoms with Crippen molar-refractivity contribution in [2.45, 2.75) is 37.4 Å². The summed E-state index contributed by atoms with van der Waals surface area (Å²) in [7, 11) is 1.68. The van der Waals surface area contributed by atoms with Gasteiger partial charge in [-0.1, -0.05) is 41.6 Å². The standard InChI is InChI=1S/C22H25N3O2S/c1-16-10-12-17(13-11-16)25-21(19-8-3-4-9-20(19)26-2)23-24-22(25)28-15-18-7-5-6-14-27-18/h3-4,8-13,18H,5-7,14-15H2,1-2H3. The van der Waals surface area contributed by atoms with E-state index in [1.807, 2.05) is 24.3 Å². The zero-order valence-electron chi connectivity index (χ0n) is 16.3. The summed E-state index contributed by atoms with van der Waals surface area (Å²) in [5.41, 5.74) is 3.20. The summed E-state index contributed by atoms with van der Waals surface area (Å²) in [5, 5.41) is 9.92. The molecular formula is C22H25N3O2S. The van der Waals surface area contributed by atoms with Gasteiger partial charge < -0.3 is 9.47 Å². The van der Waals surface area contributed by atoms with Gasteiger partial charge in [-0.25, -0.2) is 0 Å². The summed E-state index contributed by atoms with van der Waals surface area (Å²) in [4.78, 5) is 0. The van der Waals surface area contributed by atoms with Crippen LogP contribution in [0.15, 0.2) is 53.7 Å². The van der Waals surface area contributed by atoms with Crippen LogP contribution in [0.1, 0.15) is 24.8 Å². The van der Waals surface area contributed by atoms with Gasteiger partial charge in [0.2, 0.25) is 0 Å². The molecule has 1 saturated heterocycles. The minimum Gasteiger partial charge on any atom is -0.496 e. The van der Waals surface area contributed by atoms with Crippen molar-refractivity contribution in [1.29, 1.82) is 0 Å². The number of aryl methyl sites for hydroxylation is 1. The molecule has 1 fully saturated rings. The van der Waals surface area contributed by atoms with Gasteiger partial charge in [0.1, 0.15) is 5.75 Å². The maximum absolute atomic E-state index is 5.89. The molecule has 5 nitrogen and oxygen atoms in total. The summed E-state index contributed by atoms with van der Waals surface area (Å²) in [6.07, 6.45) is 3.81. The minimum absolute atomic E-state index is 0.289. The maximum Gasteiger partial charge on any atom is 0.196 e. The van der Waals surface area contributed by atoms with Gasteiger partial charge in [0.25, 0.3) is 0 Å². The van der Waals surface area contributed by atoms with E-state index in [1.165, 1.54) is 18.4 Å². The Hall–Kier alpha value is -2.31. The molecule has 0 radical (unpaired) electrons. The van der Waals surface area contributed by atoms with Crippen molar-refractivity contribution in [2.75, 3.05) is 19.5 Å². The second-order valence-electron chi connectivity index (χ2n) is 6.98. The lowest BCUT2D eigenvalue weighted by molar-refractivity contribution is 0.0315. The molecule has 0 aliphatic carbocycles. The van der Waals surface area contributed by atoms with Crippen LogP contribution in [-0.4, -0.2) is 40.3 Å². The SMILES string of the molecule is COc1ccccc1-c1nnc(SCC2CCCCO2)n1-c1ccc(C)cc1. The molecule has 2 aromatic carbocycles. The van der Waals surface area contributed by atoms with Crippen molar-refractivity contribution in [3.05, 3.63) is 54.1 Å². The zero-order valence-corrected chi connectivity index (χ0v) is 17.1. The second-order valence-corrected chi connectivity index (χ2v) is 7.96. The first-order valence-corrected chi connectivity index (χ1v) is 10.6. The third-order valence-corrected chi connectivity index (χ3v) is 6.01. The van der Waals surface area contributed by atoms with Crippen LogP contribution in [0, 0.1) is 6.92 Å². The Balaban J connectivity index is 1.72. The number of rotatable bonds is 6. The topological polar surface area (TPSA) is 49.2 Å². The lowest BCUT2D eigenvalue weighted by atomic mass is 10.1. The molecule has 1 unspecified atom stereocenters. The van der Waals surface area contributed by atoms with E-state index in [0.717, 1.165) is 46.8 Å². The summed E-state index contributed by atoms with van der Waals surface area (Å²) in [5.74, 6) is 2.46. The Labute approximate surface area is 170 Å². The molecule has 28 heavy (non-hydrogen) atoms. The number of thioether (sulfide) groups is 1. The predicted molar refractivity (Wildman–Crippen MR) is 112 cm³/mol. The van der Waals surface area contributed by atoms with E-state index in [-0.39, 0.29) is 6.10 Å². The highest BCUT2D eigenvalue weighted by Crippen LogP contribution is 2.34. The minimum atomic E-state index is 0.289. The molecule has 0 amide bonds. The van der Waals surface area contributed by atoms with Gasteiger partial charge in [-0.05, 0) is 50.5 Å². The van der Waals surface area contributed by atoms with E-state index < -0.39 is 0 Å². The van der Waals surface area contributed by atoms with E-state index in [4.69, 9.17) is 9.47 Å². The van der Waals surface area contributed by atoms with E-state index in [1.54, 1.807) is 18.9 Å². The van der Waals surface area contributed by atoms with Crippen LogP contribution in [0.3, 0.4) is 0 Å². The van der Waals surface area contributed by atoms with Crippen LogP contribution < -0.4 is 4.74 Å². The first kappa shape index (κ1) is 19.0. The molecule has 0 saturated carbocycles. The molecule has 0 spiro atoms. The highest BCUT2D eigenvalue weighted by molar-refractivity contribution is 7.99.